The van der Waals surface area contributed by atoms with Gasteiger partial charge in [0.2, 0.25) is 5.95 Å². The van der Waals surface area contributed by atoms with Gasteiger partial charge in [-0.2, -0.15) is 4.39 Å². The Morgan fingerprint density at radius 1 is 1.36 bits per heavy atom. The Morgan fingerprint density at radius 2 is 2.05 bits per heavy atom. The van der Waals surface area contributed by atoms with E-state index in [0.29, 0.717) is 5.75 Å². The van der Waals surface area contributed by atoms with Crippen LogP contribution in [0, 0.1) is 5.95 Å². The second kappa shape index (κ2) is 7.00. The van der Waals surface area contributed by atoms with E-state index in [1.807, 2.05) is 0 Å². The van der Waals surface area contributed by atoms with Gasteiger partial charge in [0.15, 0.2) is 0 Å². The van der Waals surface area contributed by atoms with Gasteiger partial charge in [0, 0.05) is 24.9 Å². The van der Waals surface area contributed by atoms with Crippen LogP contribution in [0.1, 0.15) is 22.0 Å². The zero-order chi connectivity index (χ0) is 16.1. The van der Waals surface area contributed by atoms with Crippen LogP contribution in [0.3, 0.4) is 0 Å². The number of likely N-dealkylation sites (N-methyl/N-ethyl adjacent to an activating group) is 1. The summed E-state index contributed by atoms with van der Waals surface area (Å²) in [4.78, 5) is 17.2. The maximum Gasteiger partial charge on any atom is 0.254 e. The minimum atomic E-state index is -0.718. The number of pyridine rings is 1. The molecule has 6 heteroatoms. The third kappa shape index (κ3) is 3.40. The molecule has 1 N–H and O–H groups in total. The van der Waals surface area contributed by atoms with Gasteiger partial charge in [0.1, 0.15) is 5.75 Å². The zero-order valence-corrected chi connectivity index (χ0v) is 12.4. The van der Waals surface area contributed by atoms with Crippen molar-refractivity contribution in [3.63, 3.8) is 0 Å². The highest BCUT2D eigenvalue weighted by Crippen LogP contribution is 2.23. The van der Waals surface area contributed by atoms with Crippen molar-refractivity contribution in [1.29, 1.82) is 0 Å². The Labute approximate surface area is 128 Å². The van der Waals surface area contributed by atoms with E-state index >= 15 is 0 Å². The second-order valence-corrected chi connectivity index (χ2v) is 4.75. The number of hydrogen-bond donors (Lipinski definition) is 1. The predicted molar refractivity (Wildman–Crippen MR) is 79.1 cm³/mol. The van der Waals surface area contributed by atoms with Gasteiger partial charge in [-0.05, 0) is 23.8 Å². The van der Waals surface area contributed by atoms with Gasteiger partial charge in [-0.3, -0.25) is 4.79 Å². The monoisotopic (exact) mass is 304 g/mol. The molecule has 116 valence electrons. The molecule has 1 atom stereocenters. The standard InChI is InChI=1S/C16H17FN2O3/c1-19(16(21)12-7-8-18-15(17)9-12)14(10-20)11-3-5-13(22-2)6-4-11/h3-9,14,20H,10H2,1-2H3. The number of rotatable bonds is 5. The fraction of sp³-hybridized carbons (Fsp3) is 0.250. The van der Waals surface area contributed by atoms with Gasteiger partial charge in [0.25, 0.3) is 5.91 Å². The SMILES string of the molecule is COc1ccc(C(CO)N(C)C(=O)c2ccnc(F)c2)cc1. The number of benzene rings is 1. The van der Waals surface area contributed by atoms with Crippen LogP contribution in [0.4, 0.5) is 4.39 Å². The highest BCUT2D eigenvalue weighted by atomic mass is 19.1. The molecule has 0 fully saturated rings. The Hall–Kier alpha value is -2.47. The van der Waals surface area contributed by atoms with Crippen LogP contribution < -0.4 is 4.74 Å². The lowest BCUT2D eigenvalue weighted by Crippen LogP contribution is -2.33. The molecular weight excluding hydrogens is 287 g/mol. The number of aromatic nitrogens is 1. The third-order valence-electron chi connectivity index (χ3n) is 3.43. The van der Waals surface area contributed by atoms with Crippen LogP contribution >= 0.6 is 0 Å². The van der Waals surface area contributed by atoms with Crippen LogP contribution in [-0.4, -0.2) is 41.7 Å². The highest BCUT2D eigenvalue weighted by molar-refractivity contribution is 5.94. The maximum absolute atomic E-state index is 13.1. The molecule has 22 heavy (non-hydrogen) atoms. The fourth-order valence-corrected chi connectivity index (χ4v) is 2.16. The van der Waals surface area contributed by atoms with Crippen molar-refractivity contribution in [1.82, 2.24) is 9.88 Å². The Morgan fingerprint density at radius 3 is 2.59 bits per heavy atom. The zero-order valence-electron chi connectivity index (χ0n) is 12.4. The van der Waals surface area contributed by atoms with Crippen molar-refractivity contribution in [3.05, 3.63) is 59.7 Å². The normalized spacial score (nSPS) is 11.8. The number of ether oxygens (including phenoxy) is 1. The minimum Gasteiger partial charge on any atom is -0.497 e. The van der Waals surface area contributed by atoms with Crippen LogP contribution in [0.5, 0.6) is 5.75 Å². The topological polar surface area (TPSA) is 62.7 Å². The second-order valence-electron chi connectivity index (χ2n) is 4.75. The van der Waals surface area contributed by atoms with Gasteiger partial charge in [-0.1, -0.05) is 12.1 Å². The Balaban J connectivity index is 2.23. The number of aliphatic hydroxyl groups excluding tert-OH is 1. The van der Waals surface area contributed by atoms with E-state index in [2.05, 4.69) is 4.98 Å². The lowest BCUT2D eigenvalue weighted by Gasteiger charge is -2.27. The van der Waals surface area contributed by atoms with E-state index in [9.17, 15) is 14.3 Å². The van der Waals surface area contributed by atoms with Crippen LogP contribution in [0.15, 0.2) is 42.6 Å². The lowest BCUT2D eigenvalue weighted by molar-refractivity contribution is 0.0658. The number of hydrogen-bond acceptors (Lipinski definition) is 4. The number of nitrogens with zero attached hydrogens (tertiary/aromatic N) is 2. The van der Waals surface area contributed by atoms with Crippen molar-refractivity contribution in [2.24, 2.45) is 0 Å². The van der Waals surface area contributed by atoms with E-state index in [-0.39, 0.29) is 12.2 Å². The van der Waals surface area contributed by atoms with Crippen LogP contribution in [0.25, 0.3) is 0 Å². The first kappa shape index (κ1) is 15.9. The van der Waals surface area contributed by atoms with Crippen molar-refractivity contribution in [3.8, 4) is 5.75 Å². The number of halogens is 1. The molecule has 0 saturated carbocycles. The smallest absolute Gasteiger partial charge is 0.254 e. The van der Waals surface area contributed by atoms with Crippen molar-refractivity contribution < 1.29 is 19.0 Å². The molecule has 2 aromatic rings. The first-order valence-corrected chi connectivity index (χ1v) is 6.70. The highest BCUT2D eigenvalue weighted by Gasteiger charge is 2.22. The van der Waals surface area contributed by atoms with Gasteiger partial charge in [-0.15, -0.1) is 0 Å². The third-order valence-corrected chi connectivity index (χ3v) is 3.43. The molecule has 1 unspecified atom stereocenters. The summed E-state index contributed by atoms with van der Waals surface area (Å²) in [5, 5.41) is 9.62. The first-order chi connectivity index (χ1) is 10.6. The van der Waals surface area contributed by atoms with E-state index < -0.39 is 17.9 Å². The molecular formula is C16H17FN2O3. The molecule has 0 bridgehead atoms. The number of carbonyl (C=O) groups is 1. The average molecular weight is 304 g/mol. The van der Waals surface area contributed by atoms with Crippen molar-refractivity contribution in [2.75, 3.05) is 20.8 Å². The number of methoxy groups -OCH3 is 1. The minimum absolute atomic E-state index is 0.182. The number of amides is 1. The van der Waals surface area contributed by atoms with Crippen molar-refractivity contribution in [2.45, 2.75) is 6.04 Å². The Kier molecular flexibility index (Phi) is 5.06. The predicted octanol–water partition coefficient (Wildman–Crippen LogP) is 2.03. The maximum atomic E-state index is 13.1. The molecule has 0 saturated heterocycles. The van der Waals surface area contributed by atoms with Gasteiger partial charge in [-0.25, -0.2) is 4.98 Å². The summed E-state index contributed by atoms with van der Waals surface area (Å²) in [5.41, 5.74) is 0.940. The van der Waals surface area contributed by atoms with Gasteiger partial charge in [0.05, 0.1) is 19.8 Å². The summed E-state index contributed by atoms with van der Waals surface area (Å²) in [5.74, 6) is -0.425. The molecule has 0 aliphatic rings. The summed E-state index contributed by atoms with van der Waals surface area (Å²) in [6, 6.07) is 9.03. The van der Waals surface area contributed by atoms with E-state index in [1.165, 1.54) is 17.2 Å². The first-order valence-electron chi connectivity index (χ1n) is 6.70. The molecule has 2 rings (SSSR count). The Bertz CT molecular complexity index is 646. The molecule has 1 aromatic carbocycles. The molecule has 1 heterocycles. The molecule has 0 aliphatic carbocycles. The summed E-state index contributed by atoms with van der Waals surface area (Å²) < 4.78 is 18.2. The molecule has 0 radical (unpaired) electrons. The summed E-state index contributed by atoms with van der Waals surface area (Å²) >= 11 is 0. The van der Waals surface area contributed by atoms with Crippen molar-refractivity contribution >= 4 is 5.91 Å². The summed E-state index contributed by atoms with van der Waals surface area (Å²) in [6.07, 6.45) is 1.23. The average Bonchev–Trinajstić information content (AvgIpc) is 2.55. The molecule has 5 nitrogen and oxygen atoms in total. The lowest BCUT2D eigenvalue weighted by atomic mass is 10.1. The largest absolute Gasteiger partial charge is 0.497 e. The van der Waals surface area contributed by atoms with Gasteiger partial charge < -0.3 is 14.7 Å². The fourth-order valence-electron chi connectivity index (χ4n) is 2.16. The number of carbonyl (C=O) groups excluding carboxylic acids is 1. The molecule has 0 spiro atoms. The van der Waals surface area contributed by atoms with E-state index in [0.717, 1.165) is 11.6 Å². The van der Waals surface area contributed by atoms with Crippen LogP contribution in [-0.2, 0) is 0 Å². The van der Waals surface area contributed by atoms with Crippen LogP contribution in [0.2, 0.25) is 0 Å². The van der Waals surface area contributed by atoms with Gasteiger partial charge >= 0.3 is 0 Å². The molecule has 1 amide bonds. The van der Waals surface area contributed by atoms with E-state index in [4.69, 9.17) is 4.74 Å². The molecule has 0 aliphatic heterocycles. The summed E-state index contributed by atoms with van der Waals surface area (Å²) in [6.45, 7) is -0.248. The quantitative estimate of drug-likeness (QED) is 0.859. The summed E-state index contributed by atoms with van der Waals surface area (Å²) in [7, 11) is 3.12. The molecule has 1 aromatic heterocycles. The van der Waals surface area contributed by atoms with E-state index in [1.54, 1.807) is 38.4 Å². The number of aliphatic hydroxyl groups is 1.